The predicted molar refractivity (Wildman–Crippen MR) is 105 cm³/mol. The molecule has 2 amide bonds. The van der Waals surface area contributed by atoms with Crippen molar-refractivity contribution in [2.24, 2.45) is 5.73 Å². The van der Waals surface area contributed by atoms with Crippen LogP contribution in [0.25, 0.3) is 0 Å². The number of carbonyl (C=O) groups is 3. The van der Waals surface area contributed by atoms with Crippen LogP contribution in [0, 0.1) is 0 Å². The highest BCUT2D eigenvalue weighted by Crippen LogP contribution is 2.25. The molecule has 2 aromatic carbocycles. The van der Waals surface area contributed by atoms with Gasteiger partial charge in [-0.1, -0.05) is 32.0 Å². The Hall–Kier alpha value is -3.35. The van der Waals surface area contributed by atoms with Crippen LogP contribution in [0.2, 0.25) is 0 Å². The molecule has 0 bridgehead atoms. The van der Waals surface area contributed by atoms with Crippen LogP contribution < -0.4 is 15.8 Å². The molecule has 1 atom stereocenters. The van der Waals surface area contributed by atoms with E-state index in [-0.39, 0.29) is 12.5 Å². The number of esters is 1. The topological polar surface area (TPSA) is 108 Å². The quantitative estimate of drug-likeness (QED) is 0.681. The van der Waals surface area contributed by atoms with Gasteiger partial charge in [-0.15, -0.1) is 0 Å². The Balaban J connectivity index is 1.86. The van der Waals surface area contributed by atoms with Crippen LogP contribution in [0.15, 0.2) is 48.5 Å². The molecule has 0 radical (unpaired) electrons. The first kappa shape index (κ1) is 21.0. The summed E-state index contributed by atoms with van der Waals surface area (Å²) in [6.07, 6.45) is -1.01. The molecule has 0 unspecified atom stereocenters. The molecule has 0 aliphatic rings. The summed E-state index contributed by atoms with van der Waals surface area (Å²) >= 11 is 0. The number of nitrogens with two attached hydrogens (primary N) is 1. The molecule has 0 spiro atoms. The van der Waals surface area contributed by atoms with E-state index in [0.717, 1.165) is 5.56 Å². The van der Waals surface area contributed by atoms with Gasteiger partial charge in [0, 0.05) is 11.3 Å². The fourth-order valence-electron chi connectivity index (χ4n) is 2.47. The molecule has 2 rings (SSSR count). The van der Waals surface area contributed by atoms with E-state index in [1.54, 1.807) is 18.2 Å². The Morgan fingerprint density at radius 1 is 1.00 bits per heavy atom. The molecule has 148 valence electrons. The number of amides is 2. The van der Waals surface area contributed by atoms with E-state index < -0.39 is 23.9 Å². The van der Waals surface area contributed by atoms with Crippen molar-refractivity contribution in [3.63, 3.8) is 0 Å². The highest BCUT2D eigenvalue weighted by molar-refractivity contribution is 5.96. The van der Waals surface area contributed by atoms with E-state index >= 15 is 0 Å². The Morgan fingerprint density at radius 2 is 1.64 bits per heavy atom. The third kappa shape index (κ3) is 5.84. The van der Waals surface area contributed by atoms with Crippen molar-refractivity contribution in [2.75, 3.05) is 11.9 Å². The maximum atomic E-state index is 12.2. The lowest BCUT2D eigenvalue weighted by Crippen LogP contribution is -2.31. The summed E-state index contributed by atoms with van der Waals surface area (Å²) in [5.74, 6) is -0.841. The minimum atomic E-state index is -1.01. The molecule has 0 fully saturated rings. The number of ether oxygens (including phenoxy) is 2. The average molecular weight is 384 g/mol. The van der Waals surface area contributed by atoms with Gasteiger partial charge in [0.25, 0.3) is 5.91 Å². The van der Waals surface area contributed by atoms with Crippen molar-refractivity contribution in [2.45, 2.75) is 32.8 Å². The van der Waals surface area contributed by atoms with Crippen LogP contribution in [0.3, 0.4) is 0 Å². The lowest BCUT2D eigenvalue weighted by Gasteiger charge is -2.16. The van der Waals surface area contributed by atoms with Crippen molar-refractivity contribution >= 4 is 23.5 Å². The van der Waals surface area contributed by atoms with Crippen LogP contribution in [0.4, 0.5) is 5.69 Å². The molecule has 3 N–H and O–H groups in total. The fraction of sp³-hybridized carbons (Fsp3) is 0.286. The fourth-order valence-corrected chi connectivity index (χ4v) is 2.47. The summed E-state index contributed by atoms with van der Waals surface area (Å²) in [4.78, 5) is 35.2. The zero-order chi connectivity index (χ0) is 20.7. The Kier molecular flexibility index (Phi) is 7.14. The lowest BCUT2D eigenvalue weighted by atomic mass is 10.0. The number of anilines is 1. The zero-order valence-electron chi connectivity index (χ0n) is 16.1. The number of hydrogen-bond donors (Lipinski definition) is 2. The highest BCUT2D eigenvalue weighted by Gasteiger charge is 2.19. The molecule has 7 heteroatoms. The van der Waals surface area contributed by atoms with Crippen LogP contribution in [0.5, 0.6) is 5.75 Å². The van der Waals surface area contributed by atoms with Gasteiger partial charge in [-0.3, -0.25) is 9.59 Å². The second-order valence-electron chi connectivity index (χ2n) is 6.54. The summed E-state index contributed by atoms with van der Waals surface area (Å²) in [5.41, 5.74) is 6.94. The normalized spacial score (nSPS) is 11.6. The van der Waals surface area contributed by atoms with E-state index in [0.29, 0.717) is 17.0 Å². The molecular formula is C21H24N2O5. The highest BCUT2D eigenvalue weighted by atomic mass is 16.6. The molecule has 0 saturated carbocycles. The number of hydrogen-bond acceptors (Lipinski definition) is 5. The molecule has 0 heterocycles. The smallest absolute Gasteiger partial charge is 0.344 e. The minimum Gasteiger partial charge on any atom is -0.482 e. The van der Waals surface area contributed by atoms with E-state index in [9.17, 15) is 14.4 Å². The van der Waals surface area contributed by atoms with Crippen molar-refractivity contribution in [3.8, 4) is 5.75 Å². The minimum absolute atomic E-state index is 0.248. The molecule has 2 aromatic rings. The predicted octanol–water partition coefficient (Wildman–Crippen LogP) is 2.86. The maximum Gasteiger partial charge on any atom is 0.344 e. The number of carbonyl (C=O) groups excluding carboxylic acids is 3. The van der Waals surface area contributed by atoms with Gasteiger partial charge in [0.1, 0.15) is 5.75 Å². The summed E-state index contributed by atoms with van der Waals surface area (Å²) in [5, 5.41) is 2.60. The number of nitrogens with one attached hydrogen (secondary N) is 1. The van der Waals surface area contributed by atoms with Crippen molar-refractivity contribution in [3.05, 3.63) is 59.7 Å². The van der Waals surface area contributed by atoms with Crippen molar-refractivity contribution in [1.82, 2.24) is 0 Å². The average Bonchev–Trinajstić information content (AvgIpc) is 2.66. The summed E-state index contributed by atoms with van der Waals surface area (Å²) in [7, 11) is 0. The molecule has 28 heavy (non-hydrogen) atoms. The van der Waals surface area contributed by atoms with Gasteiger partial charge in [-0.2, -0.15) is 0 Å². The Labute approximate surface area is 163 Å². The first-order valence-corrected chi connectivity index (χ1v) is 8.90. The van der Waals surface area contributed by atoms with Gasteiger partial charge in [-0.25, -0.2) is 4.79 Å². The number of para-hydroxylation sites is 1. The van der Waals surface area contributed by atoms with Crippen molar-refractivity contribution in [1.29, 1.82) is 0 Å². The Morgan fingerprint density at radius 3 is 2.25 bits per heavy atom. The first-order chi connectivity index (χ1) is 13.3. The van der Waals surface area contributed by atoms with Crippen LogP contribution in [-0.4, -0.2) is 30.5 Å². The van der Waals surface area contributed by atoms with Crippen LogP contribution >= 0.6 is 0 Å². The standard InChI is InChI=1S/C21H24N2O5/c1-13(2)17-6-4-5-7-18(17)27-12-19(24)28-14(3)21(26)23-16-10-8-15(9-11-16)20(22)25/h4-11,13-14H,12H2,1-3H3,(H2,22,25)(H,23,26)/t14-/m0/s1. The van der Waals surface area contributed by atoms with Gasteiger partial charge < -0.3 is 20.5 Å². The zero-order valence-corrected chi connectivity index (χ0v) is 16.1. The Bertz CT molecular complexity index is 846. The van der Waals surface area contributed by atoms with E-state index in [1.165, 1.54) is 19.1 Å². The van der Waals surface area contributed by atoms with Crippen LogP contribution in [0.1, 0.15) is 42.6 Å². The molecular weight excluding hydrogens is 360 g/mol. The molecule has 0 aliphatic heterocycles. The SMILES string of the molecule is CC(C)c1ccccc1OCC(=O)O[C@@H](C)C(=O)Nc1ccc(C(N)=O)cc1. The largest absolute Gasteiger partial charge is 0.482 e. The van der Waals surface area contributed by atoms with Gasteiger partial charge in [-0.05, 0) is 48.7 Å². The van der Waals surface area contributed by atoms with Gasteiger partial charge >= 0.3 is 5.97 Å². The van der Waals surface area contributed by atoms with Crippen LogP contribution in [-0.2, 0) is 14.3 Å². The number of primary amides is 1. The summed E-state index contributed by atoms with van der Waals surface area (Å²) in [6.45, 7) is 5.23. The molecule has 7 nitrogen and oxygen atoms in total. The van der Waals surface area contributed by atoms with Crippen molar-refractivity contribution < 1.29 is 23.9 Å². The molecule has 0 aromatic heterocycles. The number of benzene rings is 2. The second-order valence-corrected chi connectivity index (χ2v) is 6.54. The molecule has 0 saturated heterocycles. The summed E-state index contributed by atoms with van der Waals surface area (Å²) < 4.78 is 10.7. The summed E-state index contributed by atoms with van der Waals surface area (Å²) in [6, 6.07) is 13.5. The third-order valence-corrected chi connectivity index (χ3v) is 4.00. The monoisotopic (exact) mass is 384 g/mol. The third-order valence-electron chi connectivity index (χ3n) is 4.00. The second kappa shape index (κ2) is 9.55. The van der Waals surface area contributed by atoms with E-state index in [2.05, 4.69) is 5.32 Å². The maximum absolute atomic E-state index is 12.2. The van der Waals surface area contributed by atoms with E-state index in [1.807, 2.05) is 32.0 Å². The lowest BCUT2D eigenvalue weighted by molar-refractivity contribution is -0.155. The first-order valence-electron chi connectivity index (χ1n) is 8.90. The molecule has 0 aliphatic carbocycles. The van der Waals surface area contributed by atoms with Gasteiger partial charge in [0.05, 0.1) is 0 Å². The van der Waals surface area contributed by atoms with Gasteiger partial charge in [0.2, 0.25) is 5.91 Å². The van der Waals surface area contributed by atoms with E-state index in [4.69, 9.17) is 15.2 Å². The van der Waals surface area contributed by atoms with Gasteiger partial charge in [0.15, 0.2) is 12.7 Å². The number of rotatable bonds is 8.